The second-order valence-electron chi connectivity index (χ2n) is 1.41. The van der Waals surface area contributed by atoms with Crippen LogP contribution >= 0.6 is 10.9 Å². The summed E-state index contributed by atoms with van der Waals surface area (Å²) in [6.45, 7) is 0. The molecule has 0 amide bonds. The molecule has 2 aliphatic rings. The third-order valence-corrected chi connectivity index (χ3v) is 2.17. The Balaban J connectivity index is 2.43. The Kier molecular flexibility index (Phi) is 0.672. The Bertz CT molecular complexity index is 183. The minimum absolute atomic E-state index is 0.0957. The number of hydrogen-bond acceptors (Lipinski definition) is 4. The summed E-state index contributed by atoms with van der Waals surface area (Å²) in [5.41, 5.74) is 0. The van der Waals surface area contributed by atoms with Crippen molar-refractivity contribution < 1.29 is 0 Å². The summed E-state index contributed by atoms with van der Waals surface area (Å²) >= 11 is 0. The average Bonchev–Trinajstić information content (AvgIpc) is 2.15. The molecule has 0 atom stereocenters. The molecule has 0 unspecified atom stereocenters. The van der Waals surface area contributed by atoms with Gasteiger partial charge in [-0.2, -0.15) is 10.2 Å². The summed E-state index contributed by atoms with van der Waals surface area (Å²) in [7, 11) is -0.0957. The van der Waals surface area contributed by atoms with Gasteiger partial charge in [-0.15, -0.1) is 0 Å². The van der Waals surface area contributed by atoms with Crippen LogP contribution in [0.4, 0.5) is 0 Å². The Morgan fingerprint density at radius 3 is 2.38 bits per heavy atom. The second-order valence-corrected chi connectivity index (χ2v) is 2.86. The normalized spacial score (nSPS) is 23.2. The summed E-state index contributed by atoms with van der Waals surface area (Å²) in [5, 5.41) is 7.63. The Labute approximate surface area is 48.9 Å². The van der Waals surface area contributed by atoms with E-state index in [-0.39, 0.29) is 10.9 Å². The van der Waals surface area contributed by atoms with Crippen LogP contribution in [0.5, 0.6) is 0 Å². The number of rotatable bonds is 0. The van der Waals surface area contributed by atoms with Crippen LogP contribution in [-0.2, 0) is 0 Å². The van der Waals surface area contributed by atoms with E-state index >= 15 is 0 Å². The van der Waals surface area contributed by atoms with Crippen molar-refractivity contribution in [1.29, 1.82) is 0 Å². The molecule has 0 spiro atoms. The molecule has 0 aliphatic carbocycles. The summed E-state index contributed by atoms with van der Waals surface area (Å²) in [4.78, 5) is 6.81. The predicted octanol–water partition coefficient (Wildman–Crippen LogP) is -0.564. The van der Waals surface area contributed by atoms with E-state index in [1.165, 1.54) is 0 Å². The molecule has 5 heteroatoms. The van der Waals surface area contributed by atoms with Crippen LogP contribution in [-0.4, -0.2) is 17.3 Å². The predicted molar refractivity (Wildman–Crippen MR) is 35.9 cm³/mol. The molecule has 42 valence electrons. The molecule has 2 N–H and O–H groups in total. The largest absolute Gasteiger partial charge is 0.239 e. The molecule has 0 radical (unpaired) electrons. The van der Waals surface area contributed by atoms with Crippen molar-refractivity contribution in [2.45, 2.75) is 0 Å². The maximum absolute atomic E-state index is 3.81. The summed E-state index contributed by atoms with van der Waals surface area (Å²) < 4.78 is 0. The first kappa shape index (κ1) is 4.08. The zero-order valence-electron chi connectivity index (χ0n) is 3.96. The van der Waals surface area contributed by atoms with Crippen molar-refractivity contribution >= 4 is 28.1 Å². The topological polar surface area (TPSA) is 48.8 Å². The Morgan fingerprint density at radius 1 is 1.25 bits per heavy atom. The monoisotopic (exact) mass is 128 g/mol. The molecule has 0 aromatic heterocycles. The first-order valence-electron chi connectivity index (χ1n) is 2.15. The second kappa shape index (κ2) is 1.32. The first-order valence-corrected chi connectivity index (χ1v) is 3.38. The standard InChI is InChI=1S/C3H4N4S/c1-3-2-5-7-8(3)6-4-1/h1-2,6-7H. The van der Waals surface area contributed by atoms with Gasteiger partial charge in [-0.25, -0.2) is 9.66 Å². The van der Waals surface area contributed by atoms with Gasteiger partial charge in [-0.05, 0) is 0 Å². The van der Waals surface area contributed by atoms with Crippen LogP contribution in [0, 0.1) is 0 Å². The summed E-state index contributed by atoms with van der Waals surface area (Å²) in [5.74, 6) is 0. The number of nitrogens with one attached hydrogen (secondary N) is 2. The van der Waals surface area contributed by atoms with E-state index in [0.29, 0.717) is 0 Å². The third kappa shape index (κ3) is 0.389. The molecule has 8 heavy (non-hydrogen) atoms. The van der Waals surface area contributed by atoms with E-state index in [2.05, 4.69) is 19.9 Å². The first-order chi connectivity index (χ1) is 3.97. The molecule has 0 fully saturated rings. The molecule has 4 nitrogen and oxygen atoms in total. The maximum atomic E-state index is 3.81. The Hall–Kier alpha value is -0.840. The number of hydrazone groups is 2. The van der Waals surface area contributed by atoms with Crippen molar-refractivity contribution in [3.63, 3.8) is 0 Å². The Morgan fingerprint density at radius 2 is 1.88 bits per heavy atom. The fourth-order valence-corrected chi connectivity index (χ4v) is 1.43. The van der Waals surface area contributed by atoms with Crippen LogP contribution in [0.25, 0.3) is 0 Å². The molecular formula is C3H4N4S. The fraction of sp³-hybridized carbons (Fsp3) is 0. The van der Waals surface area contributed by atoms with E-state index in [9.17, 15) is 0 Å². The van der Waals surface area contributed by atoms with Crippen LogP contribution in [0.3, 0.4) is 0 Å². The van der Waals surface area contributed by atoms with Gasteiger partial charge >= 0.3 is 0 Å². The average molecular weight is 128 g/mol. The maximum Gasteiger partial charge on any atom is 0.0799 e. The van der Waals surface area contributed by atoms with Gasteiger partial charge in [0, 0.05) is 10.9 Å². The van der Waals surface area contributed by atoms with E-state index in [1.54, 1.807) is 12.4 Å². The fourth-order valence-electron chi connectivity index (χ4n) is 0.550. The summed E-state index contributed by atoms with van der Waals surface area (Å²) in [6.07, 6.45) is 3.54. The van der Waals surface area contributed by atoms with Crippen LogP contribution in [0.15, 0.2) is 10.2 Å². The van der Waals surface area contributed by atoms with Gasteiger partial charge in [-0.3, -0.25) is 0 Å². The highest BCUT2D eigenvalue weighted by atomic mass is 32.2. The van der Waals surface area contributed by atoms with Crippen LogP contribution in [0.1, 0.15) is 0 Å². The van der Waals surface area contributed by atoms with Crippen LogP contribution in [0.2, 0.25) is 0 Å². The molecule has 0 aromatic carbocycles. The van der Waals surface area contributed by atoms with Gasteiger partial charge in [0.15, 0.2) is 0 Å². The highest BCUT2D eigenvalue weighted by Gasteiger charge is 2.09. The smallest absolute Gasteiger partial charge is 0.0799 e. The van der Waals surface area contributed by atoms with Crippen molar-refractivity contribution in [2.75, 3.05) is 0 Å². The number of hydrogen-bond donors (Lipinski definition) is 2. The lowest BCUT2D eigenvalue weighted by Crippen LogP contribution is -2.01. The third-order valence-electron chi connectivity index (χ3n) is 0.907. The van der Waals surface area contributed by atoms with Crippen molar-refractivity contribution in [2.24, 2.45) is 10.2 Å². The highest BCUT2D eigenvalue weighted by molar-refractivity contribution is 8.15. The lowest BCUT2D eigenvalue weighted by molar-refractivity contribution is 1.06. The molecule has 2 aliphatic heterocycles. The van der Waals surface area contributed by atoms with E-state index < -0.39 is 0 Å². The lowest BCUT2D eigenvalue weighted by atomic mass is 10.5. The highest BCUT2D eigenvalue weighted by Crippen LogP contribution is 2.10. The van der Waals surface area contributed by atoms with E-state index in [0.717, 1.165) is 4.86 Å². The van der Waals surface area contributed by atoms with Gasteiger partial charge in [0.1, 0.15) is 0 Å². The molecule has 0 aromatic rings. The van der Waals surface area contributed by atoms with Gasteiger partial charge in [0.25, 0.3) is 0 Å². The molecule has 0 bridgehead atoms. The van der Waals surface area contributed by atoms with Crippen LogP contribution < -0.4 is 9.66 Å². The molecule has 0 saturated carbocycles. The zero-order chi connectivity index (χ0) is 5.40. The van der Waals surface area contributed by atoms with Crippen molar-refractivity contribution in [3.8, 4) is 0 Å². The van der Waals surface area contributed by atoms with E-state index in [1.807, 2.05) is 0 Å². The SMILES string of the molecule is C1=NNS2=C1C=NN2. The molecule has 0 saturated heterocycles. The van der Waals surface area contributed by atoms with Crippen molar-refractivity contribution in [3.05, 3.63) is 0 Å². The zero-order valence-corrected chi connectivity index (χ0v) is 4.77. The molecule has 2 heterocycles. The number of nitrogens with zero attached hydrogens (tertiary/aromatic N) is 2. The summed E-state index contributed by atoms with van der Waals surface area (Å²) in [6, 6.07) is 0. The minimum Gasteiger partial charge on any atom is -0.239 e. The van der Waals surface area contributed by atoms with Gasteiger partial charge in [0.05, 0.1) is 17.3 Å². The molecule has 2 rings (SSSR count). The minimum atomic E-state index is -0.0957. The van der Waals surface area contributed by atoms with Gasteiger partial charge in [-0.1, -0.05) is 0 Å². The lowest BCUT2D eigenvalue weighted by Gasteiger charge is -1.95. The molecular weight excluding hydrogens is 124 g/mol. The van der Waals surface area contributed by atoms with E-state index in [4.69, 9.17) is 0 Å². The van der Waals surface area contributed by atoms with Gasteiger partial charge in [0.2, 0.25) is 0 Å². The van der Waals surface area contributed by atoms with Crippen molar-refractivity contribution in [1.82, 2.24) is 9.66 Å². The quantitative estimate of drug-likeness (QED) is 0.429. The van der Waals surface area contributed by atoms with Gasteiger partial charge < -0.3 is 0 Å².